The van der Waals surface area contributed by atoms with Gasteiger partial charge in [0.1, 0.15) is 0 Å². The van der Waals surface area contributed by atoms with Gasteiger partial charge >= 0.3 is 0 Å². The molecule has 0 aromatic heterocycles. The molecule has 2 amide bonds. The van der Waals surface area contributed by atoms with Gasteiger partial charge in [0.05, 0.1) is 0 Å². The number of amides is 2. The lowest BCUT2D eigenvalue weighted by atomic mass is 9.98. The number of carbonyl (C=O) groups excluding carboxylic acids is 2. The molecule has 0 spiro atoms. The average molecular weight is 365 g/mol. The third-order valence-corrected chi connectivity index (χ3v) is 6.28. The van der Waals surface area contributed by atoms with E-state index in [0.29, 0.717) is 24.9 Å². The SMILES string of the molecule is CN1CCC(N2CCC[C@@H](NC(=O)CCCN3CCCCC3=O)C2)CC1. The van der Waals surface area contributed by atoms with E-state index in [0.717, 1.165) is 45.3 Å². The predicted molar refractivity (Wildman–Crippen MR) is 103 cm³/mol. The number of carbonyl (C=O) groups is 2. The molecule has 3 saturated heterocycles. The fourth-order valence-electron chi connectivity index (χ4n) is 4.64. The van der Waals surface area contributed by atoms with Gasteiger partial charge in [0.25, 0.3) is 0 Å². The van der Waals surface area contributed by atoms with Crippen LogP contribution in [0.4, 0.5) is 0 Å². The second-order valence-electron chi connectivity index (χ2n) is 8.38. The maximum atomic E-state index is 12.3. The fourth-order valence-corrected chi connectivity index (χ4v) is 4.64. The molecule has 3 heterocycles. The molecule has 0 aromatic carbocycles. The zero-order valence-corrected chi connectivity index (χ0v) is 16.4. The number of nitrogens with zero attached hydrogens (tertiary/aromatic N) is 3. The van der Waals surface area contributed by atoms with Gasteiger partial charge < -0.3 is 15.1 Å². The highest BCUT2D eigenvalue weighted by Gasteiger charge is 2.28. The molecular weight excluding hydrogens is 328 g/mol. The number of piperidine rings is 3. The van der Waals surface area contributed by atoms with Crippen molar-refractivity contribution in [3.05, 3.63) is 0 Å². The smallest absolute Gasteiger partial charge is 0.222 e. The van der Waals surface area contributed by atoms with Crippen molar-refractivity contribution in [3.8, 4) is 0 Å². The lowest BCUT2D eigenvalue weighted by Gasteiger charge is -2.41. The zero-order chi connectivity index (χ0) is 18.4. The Morgan fingerprint density at radius 1 is 1.08 bits per heavy atom. The van der Waals surface area contributed by atoms with E-state index in [1.54, 1.807) is 0 Å². The van der Waals surface area contributed by atoms with Crippen LogP contribution in [0.5, 0.6) is 0 Å². The van der Waals surface area contributed by atoms with Gasteiger partial charge in [-0.05, 0) is 71.6 Å². The van der Waals surface area contributed by atoms with E-state index >= 15 is 0 Å². The molecule has 0 saturated carbocycles. The lowest BCUT2D eigenvalue weighted by molar-refractivity contribution is -0.133. The maximum Gasteiger partial charge on any atom is 0.222 e. The summed E-state index contributed by atoms with van der Waals surface area (Å²) >= 11 is 0. The Hall–Kier alpha value is -1.14. The molecule has 3 aliphatic rings. The van der Waals surface area contributed by atoms with Crippen LogP contribution in [-0.2, 0) is 9.59 Å². The Morgan fingerprint density at radius 3 is 2.65 bits per heavy atom. The largest absolute Gasteiger partial charge is 0.352 e. The van der Waals surface area contributed by atoms with Crippen molar-refractivity contribution in [1.29, 1.82) is 0 Å². The van der Waals surface area contributed by atoms with Crippen LogP contribution in [0.1, 0.15) is 57.8 Å². The normalized spacial score (nSPS) is 26.9. The van der Waals surface area contributed by atoms with E-state index in [9.17, 15) is 9.59 Å². The quantitative estimate of drug-likeness (QED) is 0.775. The highest BCUT2D eigenvalue weighted by Crippen LogP contribution is 2.20. The first-order valence-electron chi connectivity index (χ1n) is 10.6. The molecule has 0 aliphatic carbocycles. The van der Waals surface area contributed by atoms with Gasteiger partial charge in [0.2, 0.25) is 11.8 Å². The Kier molecular flexibility index (Phi) is 7.32. The molecule has 148 valence electrons. The Morgan fingerprint density at radius 2 is 1.88 bits per heavy atom. The Balaban J connectivity index is 1.35. The van der Waals surface area contributed by atoms with E-state index < -0.39 is 0 Å². The van der Waals surface area contributed by atoms with Gasteiger partial charge in [0, 0.05) is 44.6 Å². The van der Waals surface area contributed by atoms with Crippen molar-refractivity contribution in [2.45, 2.75) is 69.9 Å². The van der Waals surface area contributed by atoms with E-state index in [1.165, 1.54) is 38.9 Å². The first-order chi connectivity index (χ1) is 12.6. The number of likely N-dealkylation sites (tertiary alicyclic amines) is 3. The number of hydrogen-bond acceptors (Lipinski definition) is 4. The summed E-state index contributed by atoms with van der Waals surface area (Å²) in [6, 6.07) is 0.989. The van der Waals surface area contributed by atoms with Gasteiger partial charge in [-0.15, -0.1) is 0 Å². The van der Waals surface area contributed by atoms with Crippen molar-refractivity contribution < 1.29 is 9.59 Å². The monoisotopic (exact) mass is 364 g/mol. The van der Waals surface area contributed by atoms with Crippen molar-refractivity contribution in [2.24, 2.45) is 0 Å². The summed E-state index contributed by atoms with van der Waals surface area (Å²) in [7, 11) is 2.20. The van der Waals surface area contributed by atoms with Crippen LogP contribution in [0.2, 0.25) is 0 Å². The van der Waals surface area contributed by atoms with Gasteiger partial charge in [-0.2, -0.15) is 0 Å². The third-order valence-electron chi connectivity index (χ3n) is 6.28. The summed E-state index contributed by atoms with van der Waals surface area (Å²) < 4.78 is 0. The topological polar surface area (TPSA) is 55.9 Å². The number of hydrogen-bond donors (Lipinski definition) is 1. The summed E-state index contributed by atoms with van der Waals surface area (Å²) in [5.41, 5.74) is 0. The average Bonchev–Trinajstić information content (AvgIpc) is 2.64. The van der Waals surface area contributed by atoms with Gasteiger partial charge in [-0.3, -0.25) is 14.5 Å². The molecule has 26 heavy (non-hydrogen) atoms. The summed E-state index contributed by atoms with van der Waals surface area (Å²) in [5.74, 6) is 0.419. The third kappa shape index (κ3) is 5.68. The molecule has 1 N–H and O–H groups in total. The van der Waals surface area contributed by atoms with E-state index in [2.05, 4.69) is 22.2 Å². The zero-order valence-electron chi connectivity index (χ0n) is 16.4. The molecular formula is C20H36N4O2. The van der Waals surface area contributed by atoms with E-state index in [4.69, 9.17) is 0 Å². The molecule has 0 aromatic rings. The molecule has 0 unspecified atom stereocenters. The first-order valence-corrected chi connectivity index (χ1v) is 10.6. The van der Waals surface area contributed by atoms with Crippen LogP contribution in [0, 0.1) is 0 Å². The molecule has 0 radical (unpaired) electrons. The van der Waals surface area contributed by atoms with Crippen LogP contribution < -0.4 is 5.32 Å². The van der Waals surface area contributed by atoms with Gasteiger partial charge in [-0.1, -0.05) is 0 Å². The minimum atomic E-state index is 0.157. The molecule has 6 nitrogen and oxygen atoms in total. The van der Waals surface area contributed by atoms with Crippen LogP contribution in [0.3, 0.4) is 0 Å². The highest BCUT2D eigenvalue weighted by molar-refractivity contribution is 5.77. The van der Waals surface area contributed by atoms with Crippen LogP contribution >= 0.6 is 0 Å². The van der Waals surface area contributed by atoms with Crippen LogP contribution in [0.25, 0.3) is 0 Å². The number of rotatable bonds is 6. The standard InChI is InChI=1S/C20H36N4O2/c1-22-14-9-18(10-15-22)24-13-4-6-17(16-24)21-19(25)7-5-12-23-11-3-2-8-20(23)26/h17-18H,2-16H2,1H3,(H,21,25)/t17-/m1/s1. The van der Waals surface area contributed by atoms with Gasteiger partial charge in [-0.25, -0.2) is 0 Å². The molecule has 3 rings (SSSR count). The summed E-state index contributed by atoms with van der Waals surface area (Å²) in [4.78, 5) is 31.1. The number of nitrogens with one attached hydrogen (secondary N) is 1. The first kappa shape index (κ1) is 19.6. The molecule has 3 aliphatic heterocycles. The molecule has 6 heteroatoms. The Bertz CT molecular complexity index is 476. The molecule has 1 atom stereocenters. The predicted octanol–water partition coefficient (Wildman–Crippen LogP) is 1.45. The van der Waals surface area contributed by atoms with Crippen LogP contribution in [-0.4, -0.2) is 84.9 Å². The molecule has 0 bridgehead atoms. The summed E-state index contributed by atoms with van der Waals surface area (Å²) in [6.45, 7) is 6.16. The second kappa shape index (κ2) is 9.70. The van der Waals surface area contributed by atoms with Crippen molar-refractivity contribution in [1.82, 2.24) is 20.0 Å². The Labute approximate surface area is 158 Å². The maximum absolute atomic E-state index is 12.3. The minimum Gasteiger partial charge on any atom is -0.352 e. The van der Waals surface area contributed by atoms with E-state index in [1.807, 2.05) is 4.90 Å². The summed E-state index contributed by atoms with van der Waals surface area (Å²) in [5, 5.41) is 3.25. The fraction of sp³-hybridized carbons (Fsp3) is 0.900. The second-order valence-corrected chi connectivity index (χ2v) is 8.38. The van der Waals surface area contributed by atoms with Crippen molar-refractivity contribution in [3.63, 3.8) is 0 Å². The minimum absolute atomic E-state index is 0.157. The van der Waals surface area contributed by atoms with Crippen LogP contribution in [0.15, 0.2) is 0 Å². The van der Waals surface area contributed by atoms with Crippen molar-refractivity contribution >= 4 is 11.8 Å². The summed E-state index contributed by atoms with van der Waals surface area (Å²) in [6.07, 6.45) is 8.90. The molecule has 3 fully saturated rings. The van der Waals surface area contributed by atoms with Crippen molar-refractivity contribution in [2.75, 3.05) is 46.3 Å². The van der Waals surface area contributed by atoms with Gasteiger partial charge in [0.15, 0.2) is 0 Å². The van der Waals surface area contributed by atoms with E-state index in [-0.39, 0.29) is 11.8 Å². The lowest BCUT2D eigenvalue weighted by Crippen LogP contribution is -2.53. The highest BCUT2D eigenvalue weighted by atomic mass is 16.2.